The highest BCUT2D eigenvalue weighted by atomic mass is 32.2. The van der Waals surface area contributed by atoms with Crippen molar-refractivity contribution in [3.8, 4) is 0 Å². The highest BCUT2D eigenvalue weighted by molar-refractivity contribution is 8.18. The molecule has 2 aromatic rings. The van der Waals surface area contributed by atoms with E-state index in [0.29, 0.717) is 4.91 Å². The lowest BCUT2D eigenvalue weighted by molar-refractivity contribution is -0.127. The van der Waals surface area contributed by atoms with Crippen molar-refractivity contribution in [2.75, 3.05) is 11.9 Å². The fourth-order valence-corrected chi connectivity index (χ4v) is 4.28. The van der Waals surface area contributed by atoms with Crippen LogP contribution in [0.3, 0.4) is 0 Å². The second kappa shape index (κ2) is 9.13. The third-order valence-corrected chi connectivity index (χ3v) is 5.58. The second-order valence-corrected chi connectivity index (χ2v) is 8.38. The van der Waals surface area contributed by atoms with Gasteiger partial charge in [0.15, 0.2) is 0 Å². The molecule has 2 aromatic carbocycles. The molecule has 0 bridgehead atoms. The molecule has 0 atom stereocenters. The smallest absolute Gasteiger partial charge is 0.294 e. The Morgan fingerprint density at radius 2 is 1.70 bits per heavy atom. The van der Waals surface area contributed by atoms with Crippen LogP contribution in [0.25, 0.3) is 6.08 Å². The van der Waals surface area contributed by atoms with Crippen LogP contribution >= 0.6 is 11.8 Å². The molecule has 0 aromatic heterocycles. The second-order valence-electron chi connectivity index (χ2n) is 7.39. The summed E-state index contributed by atoms with van der Waals surface area (Å²) in [5.41, 5.74) is 5.57. The van der Waals surface area contributed by atoms with Crippen LogP contribution in [0, 0.1) is 20.8 Å². The van der Waals surface area contributed by atoms with E-state index in [4.69, 9.17) is 0 Å². The quantitative estimate of drug-likeness (QED) is 0.673. The molecule has 5 nitrogen and oxygen atoms in total. The minimum atomic E-state index is -0.446. The lowest BCUT2D eigenvalue weighted by atomic mass is 10.1. The summed E-state index contributed by atoms with van der Waals surface area (Å²) in [5.74, 6) is -0.844. The Kier molecular flexibility index (Phi) is 6.57. The average molecular weight is 421 g/mol. The van der Waals surface area contributed by atoms with Gasteiger partial charge in [-0.2, -0.15) is 0 Å². The van der Waals surface area contributed by atoms with Crippen molar-refractivity contribution in [1.82, 2.24) is 4.90 Å². The van der Waals surface area contributed by atoms with Crippen LogP contribution in [0.4, 0.5) is 10.5 Å². The zero-order chi connectivity index (χ0) is 21.8. The zero-order valence-electron chi connectivity index (χ0n) is 17.5. The summed E-state index contributed by atoms with van der Waals surface area (Å²) in [6.07, 6.45) is 3.62. The first-order valence-electron chi connectivity index (χ1n) is 9.61. The van der Waals surface area contributed by atoms with E-state index in [0.717, 1.165) is 50.2 Å². The molecular formula is C24H24N2O3S. The summed E-state index contributed by atoms with van der Waals surface area (Å²) in [4.78, 5) is 38.8. The first-order valence-corrected chi connectivity index (χ1v) is 10.4. The maximum atomic E-state index is 12.7. The first-order chi connectivity index (χ1) is 14.2. The van der Waals surface area contributed by atoms with Crippen molar-refractivity contribution in [3.05, 3.63) is 81.3 Å². The molecule has 30 heavy (non-hydrogen) atoms. The third kappa shape index (κ3) is 5.07. The molecule has 1 N–H and O–H groups in total. The number of hydrogen-bond donors (Lipinski definition) is 1. The molecule has 1 heterocycles. The lowest BCUT2D eigenvalue weighted by Gasteiger charge is -2.15. The number of allylic oxidation sites excluding steroid dienone is 2. The minimum absolute atomic E-state index is 0.309. The number of amides is 3. The van der Waals surface area contributed by atoms with E-state index in [1.165, 1.54) is 0 Å². The van der Waals surface area contributed by atoms with E-state index in [1.54, 1.807) is 6.08 Å². The molecule has 1 fully saturated rings. The van der Waals surface area contributed by atoms with Gasteiger partial charge in [0.05, 0.1) is 4.91 Å². The van der Waals surface area contributed by atoms with E-state index in [9.17, 15) is 14.4 Å². The van der Waals surface area contributed by atoms with Crippen LogP contribution in [0.1, 0.15) is 29.2 Å². The van der Waals surface area contributed by atoms with E-state index in [1.807, 2.05) is 76.2 Å². The van der Waals surface area contributed by atoms with Gasteiger partial charge in [0.1, 0.15) is 6.54 Å². The van der Waals surface area contributed by atoms with Crippen molar-refractivity contribution < 1.29 is 14.4 Å². The Labute approximate surface area is 180 Å². The molecular weight excluding hydrogens is 396 g/mol. The van der Waals surface area contributed by atoms with Gasteiger partial charge < -0.3 is 5.32 Å². The minimum Gasteiger partial charge on any atom is -0.324 e. The fourth-order valence-electron chi connectivity index (χ4n) is 3.40. The molecule has 1 saturated heterocycles. The number of anilines is 1. The van der Waals surface area contributed by atoms with Gasteiger partial charge in [-0.3, -0.25) is 19.3 Å². The number of carbonyl (C=O) groups is 3. The van der Waals surface area contributed by atoms with Crippen molar-refractivity contribution in [2.24, 2.45) is 0 Å². The molecule has 0 radical (unpaired) electrons. The summed E-state index contributed by atoms with van der Waals surface area (Å²) < 4.78 is 0. The molecule has 0 aliphatic carbocycles. The van der Waals surface area contributed by atoms with Crippen LogP contribution in [-0.2, 0) is 9.59 Å². The van der Waals surface area contributed by atoms with Crippen molar-refractivity contribution >= 4 is 40.6 Å². The van der Waals surface area contributed by atoms with Crippen LogP contribution in [0.2, 0.25) is 0 Å². The summed E-state index contributed by atoms with van der Waals surface area (Å²) in [7, 11) is 0. The predicted octanol–water partition coefficient (Wildman–Crippen LogP) is 5.23. The van der Waals surface area contributed by atoms with E-state index < -0.39 is 17.1 Å². The molecule has 0 spiro atoms. The molecule has 0 saturated carbocycles. The van der Waals surface area contributed by atoms with E-state index >= 15 is 0 Å². The van der Waals surface area contributed by atoms with Gasteiger partial charge in [-0.1, -0.05) is 54.1 Å². The standard InChI is InChI=1S/C24H24N2O3S/c1-15-10-17(3)22(18(4)11-15)25-21(27)14-26-23(28)20(30-24(26)29)13-16(2)12-19-8-6-5-7-9-19/h5-13H,14H2,1-4H3,(H,25,27)/b16-12+,20-13+. The third-order valence-electron chi connectivity index (χ3n) is 4.67. The topological polar surface area (TPSA) is 66.5 Å². The van der Waals surface area contributed by atoms with Gasteiger partial charge in [-0.15, -0.1) is 0 Å². The summed E-state index contributed by atoms with van der Waals surface area (Å²) in [6, 6.07) is 13.7. The van der Waals surface area contributed by atoms with Gasteiger partial charge >= 0.3 is 0 Å². The van der Waals surface area contributed by atoms with E-state index in [-0.39, 0.29) is 6.54 Å². The van der Waals surface area contributed by atoms with Crippen molar-refractivity contribution in [2.45, 2.75) is 27.7 Å². The first kappa shape index (κ1) is 21.6. The highest BCUT2D eigenvalue weighted by Crippen LogP contribution is 2.32. The monoisotopic (exact) mass is 420 g/mol. The Morgan fingerprint density at radius 3 is 2.33 bits per heavy atom. The SMILES string of the molecule is CC(=C\c1ccccc1)/C=C1/SC(=O)N(CC(=O)Nc2c(C)cc(C)cc2C)C1=O. The molecule has 154 valence electrons. The molecule has 6 heteroatoms. The van der Waals surface area contributed by atoms with Gasteiger partial charge in [-0.05, 0) is 67.8 Å². The van der Waals surface area contributed by atoms with Crippen LogP contribution in [0.5, 0.6) is 0 Å². The number of rotatable bonds is 5. The number of hydrogen-bond acceptors (Lipinski definition) is 4. The maximum absolute atomic E-state index is 12.7. The predicted molar refractivity (Wildman–Crippen MR) is 122 cm³/mol. The van der Waals surface area contributed by atoms with Crippen molar-refractivity contribution in [1.29, 1.82) is 0 Å². The normalized spacial score (nSPS) is 15.8. The zero-order valence-corrected chi connectivity index (χ0v) is 18.3. The highest BCUT2D eigenvalue weighted by Gasteiger charge is 2.36. The fraction of sp³-hybridized carbons (Fsp3) is 0.208. The van der Waals surface area contributed by atoms with Gasteiger partial charge in [0.25, 0.3) is 11.1 Å². The van der Waals surface area contributed by atoms with Crippen molar-refractivity contribution in [3.63, 3.8) is 0 Å². The van der Waals surface area contributed by atoms with Gasteiger partial charge in [-0.25, -0.2) is 0 Å². The number of thioether (sulfide) groups is 1. The molecule has 3 amide bonds. The van der Waals surface area contributed by atoms with Gasteiger partial charge in [0, 0.05) is 5.69 Å². The van der Waals surface area contributed by atoms with Crippen LogP contribution in [-0.4, -0.2) is 28.5 Å². The molecule has 0 unspecified atom stereocenters. The van der Waals surface area contributed by atoms with Gasteiger partial charge in [0.2, 0.25) is 5.91 Å². The van der Waals surface area contributed by atoms with Crippen LogP contribution in [0.15, 0.2) is 59.0 Å². The Bertz CT molecular complexity index is 1050. The molecule has 1 aliphatic rings. The average Bonchev–Trinajstić information content (AvgIpc) is 2.92. The lowest BCUT2D eigenvalue weighted by Crippen LogP contribution is -2.36. The Hall–Kier alpha value is -3.12. The Balaban J connectivity index is 1.71. The Morgan fingerprint density at radius 1 is 1.07 bits per heavy atom. The number of aryl methyl sites for hydroxylation is 3. The van der Waals surface area contributed by atoms with Crippen LogP contribution < -0.4 is 5.32 Å². The number of carbonyl (C=O) groups excluding carboxylic acids is 3. The summed E-state index contributed by atoms with van der Waals surface area (Å²) in [5, 5.41) is 2.40. The number of benzene rings is 2. The largest absolute Gasteiger partial charge is 0.324 e. The summed E-state index contributed by atoms with van der Waals surface area (Å²) in [6.45, 7) is 7.39. The maximum Gasteiger partial charge on any atom is 0.294 e. The number of nitrogens with one attached hydrogen (secondary N) is 1. The number of imide groups is 1. The molecule has 3 rings (SSSR count). The number of nitrogens with zero attached hydrogens (tertiary/aromatic N) is 1. The van der Waals surface area contributed by atoms with E-state index in [2.05, 4.69) is 5.32 Å². The summed E-state index contributed by atoms with van der Waals surface area (Å²) >= 11 is 0.855. The molecule has 1 aliphatic heterocycles.